The van der Waals surface area contributed by atoms with Crippen LogP contribution >= 0.6 is 0 Å². The lowest BCUT2D eigenvalue weighted by Crippen LogP contribution is -2.20. The molecule has 6 heteroatoms. The van der Waals surface area contributed by atoms with Gasteiger partial charge in [0.15, 0.2) is 5.82 Å². The minimum atomic E-state index is -0.0359. The third-order valence-corrected chi connectivity index (χ3v) is 2.94. The molecule has 1 aromatic carbocycles. The zero-order chi connectivity index (χ0) is 14.5. The standard InChI is InChI=1S/C14H19N5O/c1-9(8-15)6-13(20)17-12-5-3-4-11(7-12)14-16-10(2)18-19-14/h3-5,7,9H,6,8,15H2,1-2H3,(H,17,20)(H,16,18,19). The van der Waals surface area contributed by atoms with E-state index < -0.39 is 0 Å². The van der Waals surface area contributed by atoms with Crippen LogP contribution in [-0.4, -0.2) is 27.6 Å². The van der Waals surface area contributed by atoms with E-state index in [-0.39, 0.29) is 11.8 Å². The molecule has 2 rings (SSSR count). The smallest absolute Gasteiger partial charge is 0.224 e. The Morgan fingerprint density at radius 1 is 1.50 bits per heavy atom. The van der Waals surface area contributed by atoms with E-state index in [2.05, 4.69) is 20.5 Å². The summed E-state index contributed by atoms with van der Waals surface area (Å²) in [6, 6.07) is 7.46. The van der Waals surface area contributed by atoms with Gasteiger partial charge in [-0.25, -0.2) is 4.98 Å². The van der Waals surface area contributed by atoms with Crippen molar-refractivity contribution in [3.8, 4) is 11.4 Å². The van der Waals surface area contributed by atoms with E-state index in [4.69, 9.17) is 5.73 Å². The zero-order valence-corrected chi connectivity index (χ0v) is 11.7. The van der Waals surface area contributed by atoms with Gasteiger partial charge in [0.1, 0.15) is 5.82 Å². The Bertz CT molecular complexity index is 593. The molecule has 20 heavy (non-hydrogen) atoms. The lowest BCUT2D eigenvalue weighted by molar-refractivity contribution is -0.116. The minimum absolute atomic E-state index is 0.0359. The maximum atomic E-state index is 11.8. The van der Waals surface area contributed by atoms with Gasteiger partial charge in [-0.15, -0.1) is 0 Å². The van der Waals surface area contributed by atoms with Crippen LogP contribution in [0.2, 0.25) is 0 Å². The van der Waals surface area contributed by atoms with Gasteiger partial charge < -0.3 is 11.1 Å². The predicted molar refractivity (Wildman–Crippen MR) is 78.0 cm³/mol. The lowest BCUT2D eigenvalue weighted by Gasteiger charge is -2.09. The summed E-state index contributed by atoms with van der Waals surface area (Å²) in [6.45, 7) is 4.30. The van der Waals surface area contributed by atoms with E-state index >= 15 is 0 Å². The second-order valence-electron chi connectivity index (χ2n) is 4.92. The Morgan fingerprint density at radius 3 is 2.95 bits per heavy atom. The molecule has 1 aromatic heterocycles. The van der Waals surface area contributed by atoms with E-state index in [9.17, 15) is 4.79 Å². The molecule has 0 aliphatic heterocycles. The molecule has 1 amide bonds. The average molecular weight is 273 g/mol. The number of carbonyl (C=O) groups is 1. The van der Waals surface area contributed by atoms with Crippen molar-refractivity contribution in [2.75, 3.05) is 11.9 Å². The van der Waals surface area contributed by atoms with E-state index in [1.807, 2.05) is 38.1 Å². The quantitative estimate of drug-likeness (QED) is 0.772. The second-order valence-corrected chi connectivity index (χ2v) is 4.92. The Labute approximate surface area is 117 Å². The molecule has 0 saturated heterocycles. The Morgan fingerprint density at radius 2 is 2.30 bits per heavy atom. The van der Waals surface area contributed by atoms with Gasteiger partial charge in [0.05, 0.1) is 0 Å². The third kappa shape index (κ3) is 3.64. The molecular formula is C14H19N5O. The van der Waals surface area contributed by atoms with E-state index in [1.165, 1.54) is 0 Å². The van der Waals surface area contributed by atoms with Crippen LogP contribution in [0.25, 0.3) is 11.4 Å². The number of hydrogen-bond acceptors (Lipinski definition) is 4. The van der Waals surface area contributed by atoms with Crippen LogP contribution in [0, 0.1) is 12.8 Å². The SMILES string of the molecule is Cc1nc(-c2cccc(NC(=O)CC(C)CN)c2)n[nH]1. The van der Waals surface area contributed by atoms with Crippen molar-refractivity contribution in [1.82, 2.24) is 15.2 Å². The van der Waals surface area contributed by atoms with Crippen LogP contribution in [0.1, 0.15) is 19.2 Å². The maximum absolute atomic E-state index is 11.8. The normalized spacial score (nSPS) is 12.2. The first-order valence-corrected chi connectivity index (χ1v) is 6.58. The minimum Gasteiger partial charge on any atom is -0.330 e. The van der Waals surface area contributed by atoms with Crippen LogP contribution in [0.5, 0.6) is 0 Å². The molecule has 0 bridgehead atoms. The van der Waals surface area contributed by atoms with Crippen LogP contribution < -0.4 is 11.1 Å². The molecule has 1 unspecified atom stereocenters. The van der Waals surface area contributed by atoms with Crippen molar-refractivity contribution in [3.63, 3.8) is 0 Å². The van der Waals surface area contributed by atoms with Crippen LogP contribution in [0.4, 0.5) is 5.69 Å². The van der Waals surface area contributed by atoms with Gasteiger partial charge in [-0.05, 0) is 31.5 Å². The summed E-state index contributed by atoms with van der Waals surface area (Å²) >= 11 is 0. The van der Waals surface area contributed by atoms with Crippen LogP contribution in [0.3, 0.4) is 0 Å². The number of carbonyl (C=O) groups excluding carboxylic acids is 1. The monoisotopic (exact) mass is 273 g/mol. The molecule has 4 N–H and O–H groups in total. The highest BCUT2D eigenvalue weighted by atomic mass is 16.1. The van der Waals surface area contributed by atoms with Crippen molar-refractivity contribution in [2.24, 2.45) is 11.7 Å². The molecule has 0 saturated carbocycles. The number of hydrogen-bond donors (Lipinski definition) is 3. The van der Waals surface area contributed by atoms with E-state index in [0.29, 0.717) is 18.8 Å². The van der Waals surface area contributed by atoms with Crippen molar-refractivity contribution >= 4 is 11.6 Å². The van der Waals surface area contributed by atoms with Crippen molar-refractivity contribution in [1.29, 1.82) is 0 Å². The highest BCUT2D eigenvalue weighted by molar-refractivity contribution is 5.91. The number of aromatic amines is 1. The number of anilines is 1. The topological polar surface area (TPSA) is 96.7 Å². The summed E-state index contributed by atoms with van der Waals surface area (Å²) in [5.74, 6) is 1.51. The van der Waals surface area contributed by atoms with Gasteiger partial charge in [-0.1, -0.05) is 19.1 Å². The highest BCUT2D eigenvalue weighted by Crippen LogP contribution is 2.19. The number of amides is 1. The maximum Gasteiger partial charge on any atom is 0.224 e. The summed E-state index contributed by atoms with van der Waals surface area (Å²) in [7, 11) is 0. The molecule has 0 aliphatic carbocycles. The second kappa shape index (κ2) is 6.29. The number of benzene rings is 1. The number of nitrogens with zero attached hydrogens (tertiary/aromatic N) is 2. The number of nitrogens with two attached hydrogens (primary N) is 1. The molecule has 2 aromatic rings. The van der Waals surface area contributed by atoms with Gasteiger partial charge in [0, 0.05) is 17.7 Å². The number of rotatable bonds is 5. The summed E-state index contributed by atoms with van der Waals surface area (Å²) in [5, 5.41) is 9.77. The first-order chi connectivity index (χ1) is 9.58. The Kier molecular flexibility index (Phi) is 4.47. The number of H-pyrrole nitrogens is 1. The van der Waals surface area contributed by atoms with Gasteiger partial charge in [0.2, 0.25) is 5.91 Å². The molecule has 0 fully saturated rings. The largest absolute Gasteiger partial charge is 0.330 e. The van der Waals surface area contributed by atoms with Gasteiger partial charge in [-0.2, -0.15) is 5.10 Å². The van der Waals surface area contributed by atoms with E-state index in [0.717, 1.165) is 17.1 Å². The Balaban J connectivity index is 2.08. The fourth-order valence-corrected chi connectivity index (χ4v) is 1.82. The molecule has 0 radical (unpaired) electrons. The average Bonchev–Trinajstić information content (AvgIpc) is 2.85. The summed E-state index contributed by atoms with van der Waals surface area (Å²) < 4.78 is 0. The van der Waals surface area contributed by atoms with Gasteiger partial charge in [0.25, 0.3) is 0 Å². The third-order valence-electron chi connectivity index (χ3n) is 2.94. The van der Waals surface area contributed by atoms with Crippen LogP contribution in [0.15, 0.2) is 24.3 Å². The molecule has 106 valence electrons. The van der Waals surface area contributed by atoms with E-state index in [1.54, 1.807) is 0 Å². The van der Waals surface area contributed by atoms with Crippen molar-refractivity contribution in [3.05, 3.63) is 30.1 Å². The fraction of sp³-hybridized carbons (Fsp3) is 0.357. The first kappa shape index (κ1) is 14.2. The predicted octanol–water partition coefficient (Wildman–Crippen LogP) is 1.70. The number of aromatic nitrogens is 3. The molecule has 6 nitrogen and oxygen atoms in total. The molecule has 1 heterocycles. The zero-order valence-electron chi connectivity index (χ0n) is 11.7. The molecule has 0 spiro atoms. The highest BCUT2D eigenvalue weighted by Gasteiger charge is 2.09. The van der Waals surface area contributed by atoms with Crippen molar-refractivity contribution in [2.45, 2.75) is 20.3 Å². The molecule has 1 atom stereocenters. The van der Waals surface area contributed by atoms with Crippen LogP contribution in [-0.2, 0) is 4.79 Å². The lowest BCUT2D eigenvalue weighted by atomic mass is 10.1. The summed E-state index contributed by atoms with van der Waals surface area (Å²) in [4.78, 5) is 16.1. The summed E-state index contributed by atoms with van der Waals surface area (Å²) in [5.41, 5.74) is 7.11. The number of nitrogens with one attached hydrogen (secondary N) is 2. The fourth-order valence-electron chi connectivity index (χ4n) is 1.82. The number of aryl methyl sites for hydroxylation is 1. The van der Waals surface area contributed by atoms with Gasteiger partial charge in [-0.3, -0.25) is 9.89 Å². The summed E-state index contributed by atoms with van der Waals surface area (Å²) in [6.07, 6.45) is 0.417. The first-order valence-electron chi connectivity index (χ1n) is 6.58. The molecule has 0 aliphatic rings. The van der Waals surface area contributed by atoms with Crippen molar-refractivity contribution < 1.29 is 4.79 Å². The Hall–Kier alpha value is -2.21. The van der Waals surface area contributed by atoms with Gasteiger partial charge >= 0.3 is 0 Å². The molecular weight excluding hydrogens is 254 g/mol.